The zero-order chi connectivity index (χ0) is 14.6. The fraction of sp³-hybridized carbons (Fsp3) is 0.875. The van der Waals surface area contributed by atoms with Gasteiger partial charge >= 0.3 is 6.36 Å². The van der Waals surface area contributed by atoms with Crippen molar-refractivity contribution in [2.45, 2.75) is 70.8 Å². The first-order valence-corrected chi connectivity index (χ1v) is 7.85. The standard InChI is InChI=1S/C16H25F3O/c1-2-3-12-4-6-13(7-5-12)14-8-10-15(11-9-14)20-16(17,18)19/h2-3,12-15H,4-11H2,1H3/b3-2+. The summed E-state index contributed by atoms with van der Waals surface area (Å²) in [6, 6.07) is 0. The molecule has 0 atom stereocenters. The van der Waals surface area contributed by atoms with Crippen molar-refractivity contribution in [3.63, 3.8) is 0 Å². The molecule has 1 nitrogen and oxygen atoms in total. The van der Waals surface area contributed by atoms with Crippen molar-refractivity contribution in [1.82, 2.24) is 0 Å². The fourth-order valence-electron chi connectivity index (χ4n) is 3.95. The van der Waals surface area contributed by atoms with Crippen molar-refractivity contribution in [2.24, 2.45) is 17.8 Å². The Balaban J connectivity index is 1.72. The minimum absolute atomic E-state index is 0.568. The van der Waals surface area contributed by atoms with Gasteiger partial charge in [-0.25, -0.2) is 0 Å². The summed E-state index contributed by atoms with van der Waals surface area (Å²) in [4.78, 5) is 0. The smallest absolute Gasteiger partial charge is 0.289 e. The lowest BCUT2D eigenvalue weighted by Crippen LogP contribution is -2.31. The second kappa shape index (κ2) is 6.97. The summed E-state index contributed by atoms with van der Waals surface area (Å²) in [5.74, 6) is 2.07. The Hall–Kier alpha value is -0.510. The monoisotopic (exact) mass is 290 g/mol. The number of ether oxygens (including phenoxy) is 1. The molecular weight excluding hydrogens is 265 g/mol. The van der Waals surface area contributed by atoms with E-state index < -0.39 is 12.5 Å². The van der Waals surface area contributed by atoms with Crippen LogP contribution in [0.3, 0.4) is 0 Å². The molecule has 0 aromatic carbocycles. The number of halogens is 3. The van der Waals surface area contributed by atoms with Crippen LogP contribution in [-0.4, -0.2) is 12.5 Å². The van der Waals surface area contributed by atoms with Gasteiger partial charge in [0.2, 0.25) is 0 Å². The van der Waals surface area contributed by atoms with Crippen LogP contribution in [-0.2, 0) is 4.74 Å². The Morgan fingerprint density at radius 1 is 0.850 bits per heavy atom. The summed E-state index contributed by atoms with van der Waals surface area (Å²) >= 11 is 0. The third-order valence-electron chi connectivity index (χ3n) is 4.97. The van der Waals surface area contributed by atoms with Gasteiger partial charge < -0.3 is 0 Å². The lowest BCUT2D eigenvalue weighted by molar-refractivity contribution is -0.346. The van der Waals surface area contributed by atoms with Crippen molar-refractivity contribution < 1.29 is 17.9 Å². The molecule has 0 N–H and O–H groups in total. The van der Waals surface area contributed by atoms with Crippen LogP contribution in [0.5, 0.6) is 0 Å². The molecule has 116 valence electrons. The molecule has 0 radical (unpaired) electrons. The first-order valence-electron chi connectivity index (χ1n) is 7.85. The van der Waals surface area contributed by atoms with E-state index in [1.54, 1.807) is 0 Å². The summed E-state index contributed by atoms with van der Waals surface area (Å²) in [6.07, 6.45) is 7.26. The third-order valence-corrected chi connectivity index (χ3v) is 4.97. The molecule has 20 heavy (non-hydrogen) atoms. The Labute approximate surface area is 119 Å². The highest BCUT2D eigenvalue weighted by atomic mass is 19.4. The Morgan fingerprint density at radius 2 is 1.35 bits per heavy atom. The molecule has 2 aliphatic carbocycles. The maximum atomic E-state index is 12.2. The Bertz CT molecular complexity index is 308. The zero-order valence-corrected chi connectivity index (χ0v) is 12.2. The molecule has 0 bridgehead atoms. The molecule has 2 fully saturated rings. The second-order valence-corrected chi connectivity index (χ2v) is 6.30. The van der Waals surface area contributed by atoms with Gasteiger partial charge in [-0.15, -0.1) is 13.2 Å². The number of rotatable bonds is 3. The minimum atomic E-state index is -4.47. The molecule has 2 rings (SSSR count). The lowest BCUT2D eigenvalue weighted by atomic mass is 9.70. The van der Waals surface area contributed by atoms with Crippen LogP contribution >= 0.6 is 0 Å². The summed E-state index contributed by atoms with van der Waals surface area (Å²) in [7, 11) is 0. The third kappa shape index (κ3) is 4.80. The summed E-state index contributed by atoms with van der Waals surface area (Å²) in [5.41, 5.74) is 0. The van der Waals surface area contributed by atoms with Gasteiger partial charge in [0.25, 0.3) is 0 Å². The molecule has 0 aromatic heterocycles. The van der Waals surface area contributed by atoms with Gasteiger partial charge in [0.1, 0.15) is 0 Å². The van der Waals surface area contributed by atoms with Crippen LogP contribution in [0.2, 0.25) is 0 Å². The lowest BCUT2D eigenvalue weighted by Gasteiger charge is -2.37. The van der Waals surface area contributed by atoms with Gasteiger partial charge in [0.15, 0.2) is 0 Å². The van der Waals surface area contributed by atoms with Crippen molar-refractivity contribution in [2.75, 3.05) is 0 Å². The fourth-order valence-corrected chi connectivity index (χ4v) is 3.95. The van der Waals surface area contributed by atoms with Crippen molar-refractivity contribution in [1.29, 1.82) is 0 Å². The Morgan fingerprint density at radius 3 is 1.80 bits per heavy atom. The van der Waals surface area contributed by atoms with E-state index in [0.717, 1.165) is 24.7 Å². The van der Waals surface area contributed by atoms with Crippen LogP contribution in [0.15, 0.2) is 12.2 Å². The van der Waals surface area contributed by atoms with Crippen LogP contribution in [0.4, 0.5) is 13.2 Å². The van der Waals surface area contributed by atoms with Crippen molar-refractivity contribution in [3.8, 4) is 0 Å². The van der Waals surface area contributed by atoms with E-state index in [1.165, 1.54) is 25.7 Å². The van der Waals surface area contributed by atoms with Gasteiger partial charge in [-0.3, -0.25) is 4.74 Å². The highest BCUT2D eigenvalue weighted by Gasteiger charge is 2.37. The molecule has 0 aliphatic heterocycles. The second-order valence-electron chi connectivity index (χ2n) is 6.30. The van der Waals surface area contributed by atoms with E-state index in [-0.39, 0.29) is 0 Å². The molecule has 0 amide bonds. The maximum Gasteiger partial charge on any atom is 0.522 e. The molecular formula is C16H25F3O. The number of alkyl halides is 3. The normalized spacial score (nSPS) is 36.4. The van der Waals surface area contributed by atoms with Crippen LogP contribution in [0.25, 0.3) is 0 Å². The van der Waals surface area contributed by atoms with E-state index in [1.807, 2.05) is 0 Å². The van der Waals surface area contributed by atoms with Crippen molar-refractivity contribution in [3.05, 3.63) is 12.2 Å². The van der Waals surface area contributed by atoms with Gasteiger partial charge in [0, 0.05) is 0 Å². The number of hydrogen-bond donors (Lipinski definition) is 0. The minimum Gasteiger partial charge on any atom is -0.289 e. The molecule has 0 spiro atoms. The average molecular weight is 290 g/mol. The van der Waals surface area contributed by atoms with Crippen molar-refractivity contribution >= 4 is 0 Å². The highest BCUT2D eigenvalue weighted by Crippen LogP contribution is 2.41. The molecule has 0 aromatic rings. The number of allylic oxidation sites excluding steroid dienone is 2. The first kappa shape index (κ1) is 15.9. The van der Waals surface area contributed by atoms with Crippen LogP contribution < -0.4 is 0 Å². The molecule has 0 unspecified atom stereocenters. The summed E-state index contributed by atoms with van der Waals surface area (Å²) < 4.78 is 40.7. The van der Waals surface area contributed by atoms with Crippen LogP contribution in [0.1, 0.15) is 58.3 Å². The van der Waals surface area contributed by atoms with Gasteiger partial charge in [-0.05, 0) is 76.0 Å². The maximum absolute atomic E-state index is 12.2. The van der Waals surface area contributed by atoms with Crippen LogP contribution in [0, 0.1) is 17.8 Å². The van der Waals surface area contributed by atoms with E-state index >= 15 is 0 Å². The summed E-state index contributed by atoms with van der Waals surface area (Å²) in [6.45, 7) is 2.06. The Kier molecular flexibility index (Phi) is 5.53. The average Bonchev–Trinajstić information content (AvgIpc) is 2.39. The van der Waals surface area contributed by atoms with Gasteiger partial charge in [0.05, 0.1) is 6.10 Å². The zero-order valence-electron chi connectivity index (χ0n) is 12.2. The van der Waals surface area contributed by atoms with E-state index in [4.69, 9.17) is 0 Å². The summed E-state index contributed by atoms with van der Waals surface area (Å²) in [5, 5.41) is 0. The first-order chi connectivity index (χ1) is 9.48. The topological polar surface area (TPSA) is 9.23 Å². The predicted molar refractivity (Wildman–Crippen MR) is 73.1 cm³/mol. The van der Waals surface area contributed by atoms with E-state index in [2.05, 4.69) is 23.8 Å². The quantitative estimate of drug-likeness (QED) is 0.627. The molecule has 2 aliphatic rings. The largest absolute Gasteiger partial charge is 0.522 e. The van der Waals surface area contributed by atoms with E-state index in [9.17, 15) is 13.2 Å². The number of hydrogen-bond acceptors (Lipinski definition) is 1. The SMILES string of the molecule is C/C=C/C1CCC(C2CCC(OC(F)(F)F)CC2)CC1. The molecule has 2 saturated carbocycles. The van der Waals surface area contributed by atoms with E-state index in [0.29, 0.717) is 18.8 Å². The highest BCUT2D eigenvalue weighted by molar-refractivity contribution is 4.90. The van der Waals surface area contributed by atoms with Gasteiger partial charge in [-0.2, -0.15) is 0 Å². The molecule has 0 heterocycles. The molecule has 0 saturated heterocycles. The predicted octanol–water partition coefficient (Wildman–Crippen LogP) is 5.46. The van der Waals surface area contributed by atoms with Gasteiger partial charge in [-0.1, -0.05) is 12.2 Å². The molecule has 4 heteroatoms.